The van der Waals surface area contributed by atoms with E-state index in [0.717, 1.165) is 5.69 Å². The summed E-state index contributed by atoms with van der Waals surface area (Å²) in [4.78, 5) is 0.531. The topological polar surface area (TPSA) is 37.2 Å². The van der Waals surface area contributed by atoms with Crippen molar-refractivity contribution >= 4 is 22.9 Å². The lowest BCUT2D eigenvalue weighted by Gasteiger charge is -2.08. The Kier molecular flexibility index (Phi) is 2.99. The van der Waals surface area contributed by atoms with Gasteiger partial charge in [-0.25, -0.2) is 0 Å². The van der Waals surface area contributed by atoms with Crippen molar-refractivity contribution in [2.24, 2.45) is 0 Å². The first-order valence-electron chi connectivity index (χ1n) is 4.51. The molecule has 0 saturated heterocycles. The second-order valence-corrected chi connectivity index (χ2v) is 3.33. The number of thiocarbonyl (C=S) groups is 1. The molecule has 0 radical (unpaired) electrons. The number of hydrazine groups is 1. The first-order valence-corrected chi connectivity index (χ1v) is 4.92. The minimum atomic E-state index is 0.531. The molecule has 0 fully saturated rings. The first kappa shape index (κ1) is 9.73. The van der Waals surface area contributed by atoms with Crippen molar-refractivity contribution in [1.29, 1.82) is 0 Å². The largest absolute Gasteiger partial charge is 0.462 e. The fraction of sp³-hybridized carbons (Fsp3) is 0. The van der Waals surface area contributed by atoms with E-state index in [4.69, 9.17) is 16.6 Å². The summed E-state index contributed by atoms with van der Waals surface area (Å²) in [5, 5.41) is 0. The number of rotatable bonds is 3. The average molecular weight is 218 g/mol. The van der Waals surface area contributed by atoms with Gasteiger partial charge in [-0.15, -0.1) is 0 Å². The van der Waals surface area contributed by atoms with Gasteiger partial charge < -0.3 is 9.84 Å². The van der Waals surface area contributed by atoms with Crippen LogP contribution in [-0.4, -0.2) is 4.99 Å². The molecular weight excluding hydrogens is 208 g/mol. The van der Waals surface area contributed by atoms with Crippen LogP contribution in [0.1, 0.15) is 5.76 Å². The smallest absolute Gasteiger partial charge is 0.162 e. The summed E-state index contributed by atoms with van der Waals surface area (Å²) in [6, 6.07) is 13.3. The Hall–Kier alpha value is -1.81. The van der Waals surface area contributed by atoms with Gasteiger partial charge in [-0.3, -0.25) is 5.43 Å². The summed E-state index contributed by atoms with van der Waals surface area (Å²) in [5.74, 6) is 0.647. The van der Waals surface area contributed by atoms with Gasteiger partial charge in [-0.2, -0.15) is 0 Å². The van der Waals surface area contributed by atoms with E-state index in [-0.39, 0.29) is 0 Å². The van der Waals surface area contributed by atoms with Crippen molar-refractivity contribution < 1.29 is 4.42 Å². The zero-order valence-corrected chi connectivity index (χ0v) is 8.75. The summed E-state index contributed by atoms with van der Waals surface area (Å²) < 4.78 is 5.14. The third-order valence-corrected chi connectivity index (χ3v) is 2.14. The van der Waals surface area contributed by atoms with Gasteiger partial charge in [0, 0.05) is 0 Å². The fourth-order valence-electron chi connectivity index (χ4n) is 1.12. The van der Waals surface area contributed by atoms with Gasteiger partial charge in [0.25, 0.3) is 0 Å². The van der Waals surface area contributed by atoms with E-state index in [2.05, 4.69) is 10.9 Å². The van der Waals surface area contributed by atoms with Crippen molar-refractivity contribution in [2.45, 2.75) is 0 Å². The number of furan rings is 1. The lowest BCUT2D eigenvalue weighted by atomic mass is 10.3. The van der Waals surface area contributed by atoms with Crippen LogP contribution in [0.25, 0.3) is 0 Å². The number of hydrogen-bond donors (Lipinski definition) is 2. The maximum atomic E-state index is 5.14. The molecule has 1 heterocycles. The van der Waals surface area contributed by atoms with E-state index in [1.54, 1.807) is 12.3 Å². The summed E-state index contributed by atoms with van der Waals surface area (Å²) in [7, 11) is 0. The van der Waals surface area contributed by atoms with E-state index in [9.17, 15) is 0 Å². The number of hydrogen-bond acceptors (Lipinski definition) is 3. The molecule has 0 bridgehead atoms. The molecule has 0 saturated carbocycles. The van der Waals surface area contributed by atoms with E-state index < -0.39 is 0 Å². The second-order valence-electron chi connectivity index (χ2n) is 2.92. The van der Waals surface area contributed by atoms with Gasteiger partial charge >= 0.3 is 0 Å². The third kappa shape index (κ3) is 2.57. The fourth-order valence-corrected chi connectivity index (χ4v) is 1.29. The minimum absolute atomic E-state index is 0.531. The predicted octanol–water partition coefficient (Wildman–Crippen LogP) is 2.57. The van der Waals surface area contributed by atoms with Crippen LogP contribution in [0.5, 0.6) is 0 Å². The number of anilines is 1. The molecule has 1 aromatic carbocycles. The Morgan fingerprint density at radius 3 is 2.53 bits per heavy atom. The predicted molar refractivity (Wildman–Crippen MR) is 63.6 cm³/mol. The zero-order valence-electron chi connectivity index (χ0n) is 7.94. The monoisotopic (exact) mass is 218 g/mol. The van der Waals surface area contributed by atoms with Gasteiger partial charge in [-0.1, -0.05) is 30.4 Å². The highest BCUT2D eigenvalue weighted by Gasteiger charge is 2.01. The van der Waals surface area contributed by atoms with E-state index >= 15 is 0 Å². The van der Waals surface area contributed by atoms with Crippen molar-refractivity contribution in [3.05, 3.63) is 54.5 Å². The quantitative estimate of drug-likeness (QED) is 0.613. The normalized spacial score (nSPS) is 9.60. The molecule has 76 valence electrons. The Labute approximate surface area is 93.1 Å². The molecule has 1 aromatic heterocycles. The molecule has 0 unspecified atom stereocenters. The van der Waals surface area contributed by atoms with Gasteiger partial charge in [-0.05, 0) is 24.3 Å². The van der Waals surface area contributed by atoms with E-state index in [1.807, 2.05) is 36.4 Å². The highest BCUT2D eigenvalue weighted by molar-refractivity contribution is 7.80. The highest BCUT2D eigenvalue weighted by Crippen LogP contribution is 2.04. The standard InChI is InChI=1S/C11H10N2OS/c15-11(10-7-4-8-14-10)13-12-9-5-2-1-3-6-9/h1-8,12H,(H,13,15). The molecule has 0 amide bonds. The van der Waals surface area contributed by atoms with Gasteiger partial charge in [0.2, 0.25) is 0 Å². The highest BCUT2D eigenvalue weighted by atomic mass is 32.1. The molecule has 0 aliphatic carbocycles. The Morgan fingerprint density at radius 1 is 1.07 bits per heavy atom. The van der Waals surface area contributed by atoms with Crippen LogP contribution >= 0.6 is 12.2 Å². The maximum absolute atomic E-state index is 5.14. The molecule has 0 atom stereocenters. The van der Waals surface area contributed by atoms with Crippen LogP contribution in [0.4, 0.5) is 5.69 Å². The average Bonchev–Trinajstić information content (AvgIpc) is 2.81. The summed E-state index contributed by atoms with van der Waals surface area (Å²) >= 11 is 5.11. The summed E-state index contributed by atoms with van der Waals surface area (Å²) in [6.45, 7) is 0. The molecular formula is C11H10N2OS. The number of nitrogens with one attached hydrogen (secondary N) is 2. The van der Waals surface area contributed by atoms with E-state index in [0.29, 0.717) is 10.7 Å². The van der Waals surface area contributed by atoms with Crippen molar-refractivity contribution in [1.82, 2.24) is 5.43 Å². The van der Waals surface area contributed by atoms with Crippen molar-refractivity contribution in [3.63, 3.8) is 0 Å². The van der Waals surface area contributed by atoms with Gasteiger partial charge in [0.05, 0.1) is 12.0 Å². The lowest BCUT2D eigenvalue weighted by Crippen LogP contribution is -2.27. The minimum Gasteiger partial charge on any atom is -0.462 e. The van der Waals surface area contributed by atoms with Crippen LogP contribution in [0.3, 0.4) is 0 Å². The number of benzene rings is 1. The summed E-state index contributed by atoms with van der Waals surface area (Å²) in [6.07, 6.45) is 1.59. The SMILES string of the molecule is S=C(NNc1ccccc1)c1ccco1. The maximum Gasteiger partial charge on any atom is 0.162 e. The second kappa shape index (κ2) is 4.61. The van der Waals surface area contributed by atoms with Gasteiger partial charge in [0.1, 0.15) is 0 Å². The molecule has 0 spiro atoms. The lowest BCUT2D eigenvalue weighted by molar-refractivity contribution is 0.556. The molecule has 15 heavy (non-hydrogen) atoms. The first-order chi connectivity index (χ1) is 7.36. The van der Waals surface area contributed by atoms with Crippen LogP contribution in [0.2, 0.25) is 0 Å². The van der Waals surface area contributed by atoms with Crippen LogP contribution < -0.4 is 10.9 Å². The molecule has 4 heteroatoms. The van der Waals surface area contributed by atoms with Crippen LogP contribution in [0, 0.1) is 0 Å². The van der Waals surface area contributed by atoms with Gasteiger partial charge in [0.15, 0.2) is 10.7 Å². The third-order valence-electron chi connectivity index (χ3n) is 1.84. The molecule has 0 aliphatic rings. The van der Waals surface area contributed by atoms with Crippen molar-refractivity contribution in [2.75, 3.05) is 5.43 Å². The molecule has 2 rings (SSSR count). The Balaban J connectivity index is 1.92. The summed E-state index contributed by atoms with van der Waals surface area (Å²) in [5.41, 5.74) is 6.82. The van der Waals surface area contributed by atoms with E-state index in [1.165, 1.54) is 0 Å². The Bertz CT molecular complexity index is 425. The molecule has 3 nitrogen and oxygen atoms in total. The zero-order chi connectivity index (χ0) is 10.5. The van der Waals surface area contributed by atoms with Crippen LogP contribution in [-0.2, 0) is 0 Å². The van der Waals surface area contributed by atoms with Crippen LogP contribution in [0.15, 0.2) is 53.1 Å². The Morgan fingerprint density at radius 2 is 1.87 bits per heavy atom. The molecule has 2 aromatic rings. The number of para-hydroxylation sites is 1. The molecule has 2 N–H and O–H groups in total. The molecule has 0 aliphatic heterocycles. The van der Waals surface area contributed by atoms with Crippen molar-refractivity contribution in [3.8, 4) is 0 Å².